The van der Waals surface area contributed by atoms with Crippen LogP contribution in [0.4, 0.5) is 5.69 Å². The molecule has 7 nitrogen and oxygen atoms in total. The van der Waals surface area contributed by atoms with Crippen molar-refractivity contribution < 1.29 is 14.3 Å². The summed E-state index contributed by atoms with van der Waals surface area (Å²) in [6.07, 6.45) is 0.546. The number of fused-ring (bicyclic) bond motifs is 1. The van der Waals surface area contributed by atoms with Gasteiger partial charge in [0.1, 0.15) is 16.3 Å². The number of ether oxygens (including phenoxy) is 2. The topological polar surface area (TPSA) is 93.3 Å². The number of thioether (sulfide) groups is 1. The van der Waals surface area contributed by atoms with Crippen LogP contribution >= 0.6 is 23.1 Å². The quantitative estimate of drug-likeness (QED) is 0.266. The Hall–Kier alpha value is -3.30. The summed E-state index contributed by atoms with van der Waals surface area (Å²) in [5.41, 5.74) is 2.13. The summed E-state index contributed by atoms with van der Waals surface area (Å²) in [7, 11) is 3.10. The molecule has 0 aliphatic carbocycles. The lowest BCUT2D eigenvalue weighted by molar-refractivity contribution is -0.115. The molecule has 0 radical (unpaired) electrons. The van der Waals surface area contributed by atoms with Crippen molar-refractivity contribution in [3.8, 4) is 22.6 Å². The molecular weight excluding hydrogens is 458 g/mol. The minimum atomic E-state index is -0.463. The van der Waals surface area contributed by atoms with E-state index in [0.29, 0.717) is 39.0 Å². The fourth-order valence-corrected chi connectivity index (χ4v) is 5.30. The second kappa shape index (κ2) is 10.1. The van der Waals surface area contributed by atoms with Crippen molar-refractivity contribution in [1.29, 1.82) is 0 Å². The molecule has 4 rings (SSSR count). The van der Waals surface area contributed by atoms with Gasteiger partial charge in [-0.2, -0.15) is 0 Å². The van der Waals surface area contributed by atoms with E-state index in [4.69, 9.17) is 9.47 Å². The third-order valence-electron chi connectivity index (χ3n) is 5.09. The lowest BCUT2D eigenvalue weighted by atomic mass is 10.1. The molecule has 0 saturated carbocycles. The van der Waals surface area contributed by atoms with Crippen molar-refractivity contribution in [1.82, 2.24) is 9.97 Å². The van der Waals surface area contributed by atoms with Crippen molar-refractivity contribution in [3.05, 3.63) is 64.3 Å². The minimum absolute atomic E-state index is 0.215. The summed E-state index contributed by atoms with van der Waals surface area (Å²) in [6.45, 7) is 1.91. The number of methoxy groups -OCH3 is 2. The number of thiophene rings is 1. The summed E-state index contributed by atoms with van der Waals surface area (Å²) in [5, 5.41) is 5.35. The molecule has 0 saturated heterocycles. The monoisotopic (exact) mass is 481 g/mol. The van der Waals surface area contributed by atoms with Crippen molar-refractivity contribution in [2.45, 2.75) is 23.8 Å². The molecule has 0 aliphatic heterocycles. The Morgan fingerprint density at radius 1 is 1.18 bits per heavy atom. The number of aromatic amines is 1. The molecule has 9 heteroatoms. The fraction of sp³-hybridized carbons (Fsp3) is 0.208. The maximum atomic E-state index is 13.0. The Bertz CT molecular complexity index is 1330. The number of carbonyl (C=O) groups is 1. The molecular formula is C24H23N3O4S2. The van der Waals surface area contributed by atoms with Gasteiger partial charge in [-0.05, 0) is 24.1 Å². The van der Waals surface area contributed by atoms with E-state index >= 15 is 0 Å². The number of hydrogen-bond donors (Lipinski definition) is 2. The summed E-state index contributed by atoms with van der Waals surface area (Å²) in [5.74, 6) is 0.923. The number of carbonyl (C=O) groups excluding carboxylic acids is 1. The predicted molar refractivity (Wildman–Crippen MR) is 134 cm³/mol. The summed E-state index contributed by atoms with van der Waals surface area (Å²) < 4.78 is 10.6. The SMILES string of the molecule is CCC(Sc1nc2scc(-c3ccccc3)c2c(=O)[nH]1)C(=O)Nc1cc(OC)ccc1OC. The summed E-state index contributed by atoms with van der Waals surface area (Å²) in [4.78, 5) is 34.0. The Morgan fingerprint density at radius 3 is 2.67 bits per heavy atom. The second-order valence-electron chi connectivity index (χ2n) is 7.14. The van der Waals surface area contributed by atoms with Crippen molar-refractivity contribution >= 4 is 44.9 Å². The second-order valence-corrected chi connectivity index (χ2v) is 9.19. The Kier molecular flexibility index (Phi) is 7.00. The maximum Gasteiger partial charge on any atom is 0.260 e. The predicted octanol–water partition coefficient (Wildman–Crippen LogP) is 5.18. The van der Waals surface area contributed by atoms with Gasteiger partial charge in [-0.15, -0.1) is 11.3 Å². The van der Waals surface area contributed by atoms with E-state index in [9.17, 15) is 9.59 Å². The minimum Gasteiger partial charge on any atom is -0.497 e. The number of amides is 1. The fourth-order valence-electron chi connectivity index (χ4n) is 3.40. The Labute approximate surface area is 199 Å². The molecule has 33 heavy (non-hydrogen) atoms. The average Bonchev–Trinajstić information content (AvgIpc) is 3.27. The first kappa shape index (κ1) is 22.9. The van der Waals surface area contributed by atoms with Gasteiger partial charge in [-0.3, -0.25) is 9.59 Å². The van der Waals surface area contributed by atoms with Crippen LogP contribution in [0.15, 0.2) is 63.9 Å². The number of aromatic nitrogens is 2. The molecule has 0 fully saturated rings. The van der Waals surface area contributed by atoms with Gasteiger partial charge in [-0.25, -0.2) is 4.98 Å². The molecule has 2 aromatic heterocycles. The van der Waals surface area contributed by atoms with Crippen LogP contribution in [0.25, 0.3) is 21.3 Å². The summed E-state index contributed by atoms with van der Waals surface area (Å²) in [6, 6.07) is 14.9. The van der Waals surface area contributed by atoms with E-state index in [-0.39, 0.29) is 11.5 Å². The highest BCUT2D eigenvalue weighted by Gasteiger charge is 2.22. The van der Waals surface area contributed by atoms with Gasteiger partial charge >= 0.3 is 0 Å². The van der Waals surface area contributed by atoms with E-state index in [1.165, 1.54) is 30.2 Å². The zero-order chi connectivity index (χ0) is 23.4. The van der Waals surface area contributed by atoms with Gasteiger partial charge in [0, 0.05) is 17.0 Å². The standard InChI is InChI=1S/C24H23N3O4S2/c1-4-19(21(28)25-17-12-15(30-2)10-11-18(17)31-3)33-24-26-22(29)20-16(13-32-23(20)27-24)14-8-6-5-7-9-14/h5-13,19H,4H2,1-3H3,(H,25,28)(H,26,27,29). The van der Waals surface area contributed by atoms with E-state index < -0.39 is 5.25 Å². The molecule has 1 unspecified atom stereocenters. The lowest BCUT2D eigenvalue weighted by Crippen LogP contribution is -2.25. The largest absolute Gasteiger partial charge is 0.497 e. The van der Waals surface area contributed by atoms with E-state index in [0.717, 1.165) is 11.1 Å². The van der Waals surface area contributed by atoms with Gasteiger partial charge < -0.3 is 19.8 Å². The van der Waals surface area contributed by atoms with Crippen molar-refractivity contribution in [2.75, 3.05) is 19.5 Å². The molecule has 1 atom stereocenters. The highest BCUT2D eigenvalue weighted by atomic mass is 32.2. The van der Waals surface area contributed by atoms with Crippen LogP contribution in [0.2, 0.25) is 0 Å². The number of rotatable bonds is 8. The average molecular weight is 482 g/mol. The van der Waals surface area contributed by atoms with Crippen LogP contribution in [0.3, 0.4) is 0 Å². The lowest BCUT2D eigenvalue weighted by Gasteiger charge is -2.16. The van der Waals surface area contributed by atoms with Crippen LogP contribution in [0, 0.1) is 0 Å². The first-order chi connectivity index (χ1) is 16.0. The third kappa shape index (κ3) is 4.89. The van der Waals surface area contributed by atoms with E-state index in [1.807, 2.05) is 42.6 Å². The molecule has 1 amide bonds. The van der Waals surface area contributed by atoms with Crippen molar-refractivity contribution in [2.24, 2.45) is 0 Å². The van der Waals surface area contributed by atoms with E-state index in [2.05, 4.69) is 15.3 Å². The number of nitrogens with zero attached hydrogens (tertiary/aromatic N) is 1. The van der Waals surface area contributed by atoms with E-state index in [1.54, 1.807) is 25.3 Å². The number of nitrogens with one attached hydrogen (secondary N) is 2. The highest BCUT2D eigenvalue weighted by molar-refractivity contribution is 8.00. The number of benzene rings is 2. The highest BCUT2D eigenvalue weighted by Crippen LogP contribution is 2.33. The first-order valence-corrected chi connectivity index (χ1v) is 12.1. The molecule has 0 bridgehead atoms. The number of H-pyrrole nitrogens is 1. The molecule has 2 N–H and O–H groups in total. The molecule has 0 spiro atoms. The smallest absolute Gasteiger partial charge is 0.260 e. The Morgan fingerprint density at radius 2 is 1.97 bits per heavy atom. The number of hydrogen-bond acceptors (Lipinski definition) is 7. The molecule has 4 aromatic rings. The number of anilines is 1. The zero-order valence-electron chi connectivity index (χ0n) is 18.4. The summed E-state index contributed by atoms with van der Waals surface area (Å²) >= 11 is 2.65. The van der Waals surface area contributed by atoms with Crippen LogP contribution in [-0.2, 0) is 4.79 Å². The van der Waals surface area contributed by atoms with Crippen LogP contribution in [0.1, 0.15) is 13.3 Å². The van der Waals surface area contributed by atoms with Gasteiger partial charge in [0.2, 0.25) is 5.91 Å². The maximum absolute atomic E-state index is 13.0. The van der Waals surface area contributed by atoms with Gasteiger partial charge in [-0.1, -0.05) is 49.0 Å². The van der Waals surface area contributed by atoms with Crippen molar-refractivity contribution in [3.63, 3.8) is 0 Å². The molecule has 0 aliphatic rings. The third-order valence-corrected chi connectivity index (χ3v) is 7.21. The van der Waals surface area contributed by atoms with Crippen LogP contribution < -0.4 is 20.3 Å². The van der Waals surface area contributed by atoms with Gasteiger partial charge in [0.25, 0.3) is 5.56 Å². The van der Waals surface area contributed by atoms with Crippen LogP contribution in [-0.4, -0.2) is 35.3 Å². The molecule has 2 heterocycles. The Balaban J connectivity index is 1.58. The van der Waals surface area contributed by atoms with Gasteiger partial charge in [0.05, 0.1) is 30.5 Å². The first-order valence-electron chi connectivity index (χ1n) is 10.3. The molecule has 2 aromatic carbocycles. The molecule has 170 valence electrons. The van der Waals surface area contributed by atoms with Gasteiger partial charge in [0.15, 0.2) is 5.16 Å². The van der Waals surface area contributed by atoms with Crippen LogP contribution in [0.5, 0.6) is 11.5 Å². The zero-order valence-corrected chi connectivity index (χ0v) is 20.0. The normalized spacial score (nSPS) is 11.8.